The highest BCUT2D eigenvalue weighted by Gasteiger charge is 2.61. The fourth-order valence-electron chi connectivity index (χ4n) is 4.39. The number of fused-ring (bicyclic) bond motifs is 1. The molecule has 3 unspecified atom stereocenters. The summed E-state index contributed by atoms with van der Waals surface area (Å²) in [6.07, 6.45) is 1.07. The van der Waals surface area contributed by atoms with Crippen molar-refractivity contribution in [1.29, 1.82) is 0 Å². The summed E-state index contributed by atoms with van der Waals surface area (Å²) in [5.74, 6) is 0.645. The molecule has 3 atom stereocenters. The molecular weight excluding hydrogens is 358 g/mol. The monoisotopic (exact) mass is 385 g/mol. The van der Waals surface area contributed by atoms with Gasteiger partial charge < -0.3 is 14.2 Å². The molecule has 28 heavy (non-hydrogen) atoms. The average Bonchev–Trinajstić information content (AvgIpc) is 3.25. The van der Waals surface area contributed by atoms with Gasteiger partial charge in [0.25, 0.3) is 0 Å². The van der Waals surface area contributed by atoms with Crippen LogP contribution in [0.2, 0.25) is 0 Å². The van der Waals surface area contributed by atoms with E-state index in [1.54, 1.807) is 4.68 Å². The number of nitrogens with zero attached hydrogens (tertiary/aromatic N) is 3. The standard InChI is InChI=1S/C21H27N3O4/c1-12(2)27-15-8-6-14(7-9-15)24-13(3)17(22-23-24)20(25)28-19-16-10-11-26-18(16)21(19,4)5/h6-9,12,16,18-19H,10-11H2,1-5H3. The van der Waals surface area contributed by atoms with Crippen LogP contribution >= 0.6 is 0 Å². The predicted octanol–water partition coefficient (Wildman–Crippen LogP) is 3.33. The fraction of sp³-hybridized carbons (Fsp3) is 0.571. The first-order valence-corrected chi connectivity index (χ1v) is 9.81. The zero-order valence-electron chi connectivity index (χ0n) is 17.0. The van der Waals surface area contributed by atoms with Gasteiger partial charge in [0.2, 0.25) is 0 Å². The maximum atomic E-state index is 12.8. The van der Waals surface area contributed by atoms with Gasteiger partial charge in [-0.05, 0) is 51.5 Å². The van der Waals surface area contributed by atoms with Crippen molar-refractivity contribution in [2.75, 3.05) is 6.61 Å². The van der Waals surface area contributed by atoms with E-state index in [9.17, 15) is 4.79 Å². The molecule has 0 spiro atoms. The molecule has 1 aliphatic heterocycles. The summed E-state index contributed by atoms with van der Waals surface area (Å²) >= 11 is 0. The molecular formula is C21H27N3O4. The van der Waals surface area contributed by atoms with Crippen LogP contribution in [0.5, 0.6) is 5.75 Å². The second kappa shape index (κ2) is 6.88. The van der Waals surface area contributed by atoms with Gasteiger partial charge >= 0.3 is 5.97 Å². The van der Waals surface area contributed by atoms with Crippen molar-refractivity contribution in [3.63, 3.8) is 0 Å². The summed E-state index contributed by atoms with van der Waals surface area (Å²) in [4.78, 5) is 12.8. The van der Waals surface area contributed by atoms with Crippen molar-refractivity contribution in [3.8, 4) is 11.4 Å². The van der Waals surface area contributed by atoms with Gasteiger partial charge in [0.1, 0.15) is 11.9 Å². The first-order chi connectivity index (χ1) is 13.3. The van der Waals surface area contributed by atoms with E-state index in [1.807, 2.05) is 45.0 Å². The Labute approximate surface area is 165 Å². The summed E-state index contributed by atoms with van der Waals surface area (Å²) in [5, 5.41) is 8.24. The zero-order valence-corrected chi connectivity index (χ0v) is 17.0. The number of rotatable bonds is 5. The molecule has 1 saturated heterocycles. The van der Waals surface area contributed by atoms with Gasteiger partial charge in [-0.3, -0.25) is 0 Å². The van der Waals surface area contributed by atoms with E-state index in [-0.39, 0.29) is 35.3 Å². The lowest BCUT2D eigenvalue weighted by molar-refractivity contribution is -0.183. The molecule has 2 heterocycles. The molecule has 1 aliphatic carbocycles. The Morgan fingerprint density at radius 3 is 2.68 bits per heavy atom. The van der Waals surface area contributed by atoms with E-state index < -0.39 is 5.97 Å². The van der Waals surface area contributed by atoms with Crippen LogP contribution in [0.3, 0.4) is 0 Å². The minimum Gasteiger partial charge on any atom is -0.491 e. The van der Waals surface area contributed by atoms with Crippen molar-refractivity contribution in [2.24, 2.45) is 11.3 Å². The van der Waals surface area contributed by atoms with Crippen LogP contribution in [-0.4, -0.2) is 45.9 Å². The normalized spacial score (nSPS) is 25.3. The molecule has 0 radical (unpaired) electrons. The molecule has 1 aromatic carbocycles. The molecule has 7 nitrogen and oxygen atoms in total. The van der Waals surface area contributed by atoms with E-state index >= 15 is 0 Å². The molecule has 0 N–H and O–H groups in total. The van der Waals surface area contributed by atoms with Gasteiger partial charge in [-0.1, -0.05) is 19.1 Å². The molecule has 1 aromatic heterocycles. The average molecular weight is 385 g/mol. The van der Waals surface area contributed by atoms with Crippen LogP contribution in [0.25, 0.3) is 5.69 Å². The fourth-order valence-corrected chi connectivity index (χ4v) is 4.39. The van der Waals surface area contributed by atoms with Gasteiger partial charge in [-0.2, -0.15) is 0 Å². The Balaban J connectivity index is 1.49. The lowest BCUT2D eigenvalue weighted by atomic mass is 9.59. The molecule has 1 saturated carbocycles. The lowest BCUT2D eigenvalue weighted by Gasteiger charge is -2.52. The summed E-state index contributed by atoms with van der Waals surface area (Å²) in [7, 11) is 0. The van der Waals surface area contributed by atoms with Crippen LogP contribution < -0.4 is 4.74 Å². The number of esters is 1. The molecule has 2 fully saturated rings. The Kier molecular flexibility index (Phi) is 4.65. The second-order valence-corrected chi connectivity index (χ2v) is 8.49. The van der Waals surface area contributed by atoms with Gasteiger partial charge in [-0.25, -0.2) is 9.48 Å². The minimum atomic E-state index is -0.424. The Morgan fingerprint density at radius 2 is 2.00 bits per heavy atom. The van der Waals surface area contributed by atoms with E-state index in [0.717, 1.165) is 24.5 Å². The van der Waals surface area contributed by atoms with Gasteiger partial charge in [0.05, 0.1) is 23.6 Å². The number of hydrogen-bond acceptors (Lipinski definition) is 6. The third-order valence-corrected chi connectivity index (χ3v) is 5.77. The largest absolute Gasteiger partial charge is 0.491 e. The van der Waals surface area contributed by atoms with Crippen LogP contribution in [0, 0.1) is 18.3 Å². The SMILES string of the molecule is Cc1c(C(=O)OC2C3CCOC3C2(C)C)nnn1-c1ccc(OC(C)C)cc1. The molecule has 7 heteroatoms. The number of hydrogen-bond donors (Lipinski definition) is 0. The molecule has 4 rings (SSSR count). The van der Waals surface area contributed by atoms with Crippen molar-refractivity contribution < 1.29 is 19.0 Å². The van der Waals surface area contributed by atoms with Gasteiger partial charge in [-0.15, -0.1) is 5.10 Å². The first-order valence-electron chi connectivity index (χ1n) is 9.81. The van der Waals surface area contributed by atoms with Crippen LogP contribution in [0.1, 0.15) is 50.3 Å². The van der Waals surface area contributed by atoms with E-state index in [0.29, 0.717) is 5.69 Å². The van der Waals surface area contributed by atoms with Crippen molar-refractivity contribution in [3.05, 3.63) is 35.7 Å². The number of ether oxygens (including phenoxy) is 3. The van der Waals surface area contributed by atoms with Gasteiger partial charge in [0, 0.05) is 17.9 Å². The Hall–Kier alpha value is -2.41. The number of carbonyl (C=O) groups is 1. The third kappa shape index (κ3) is 3.07. The maximum Gasteiger partial charge on any atom is 0.361 e. The molecule has 150 valence electrons. The molecule has 2 aliphatic rings. The highest BCUT2D eigenvalue weighted by atomic mass is 16.6. The summed E-state index contributed by atoms with van der Waals surface area (Å²) in [6.45, 7) is 10.7. The second-order valence-electron chi connectivity index (χ2n) is 8.49. The van der Waals surface area contributed by atoms with E-state index in [4.69, 9.17) is 14.2 Å². The summed E-state index contributed by atoms with van der Waals surface area (Å²) in [6, 6.07) is 7.55. The Morgan fingerprint density at radius 1 is 1.29 bits per heavy atom. The van der Waals surface area contributed by atoms with Crippen molar-refractivity contribution in [1.82, 2.24) is 15.0 Å². The van der Waals surface area contributed by atoms with Crippen molar-refractivity contribution in [2.45, 2.75) is 59.4 Å². The molecule has 0 amide bonds. The quantitative estimate of drug-likeness (QED) is 0.735. The highest BCUT2D eigenvalue weighted by Crippen LogP contribution is 2.53. The molecule has 2 aromatic rings. The number of benzene rings is 1. The molecule has 0 bridgehead atoms. The van der Waals surface area contributed by atoms with E-state index in [2.05, 4.69) is 24.2 Å². The predicted molar refractivity (Wildman–Crippen MR) is 103 cm³/mol. The van der Waals surface area contributed by atoms with Crippen molar-refractivity contribution >= 4 is 5.97 Å². The van der Waals surface area contributed by atoms with E-state index in [1.165, 1.54) is 0 Å². The van der Waals surface area contributed by atoms with Gasteiger partial charge in [0.15, 0.2) is 5.69 Å². The summed E-state index contributed by atoms with van der Waals surface area (Å²) in [5.41, 5.74) is 1.54. The van der Waals surface area contributed by atoms with Crippen LogP contribution in [0.15, 0.2) is 24.3 Å². The minimum absolute atomic E-state index is 0.112. The highest BCUT2D eigenvalue weighted by molar-refractivity contribution is 5.88. The van der Waals surface area contributed by atoms with Crippen LogP contribution in [-0.2, 0) is 9.47 Å². The first kappa shape index (κ1) is 18.9. The smallest absolute Gasteiger partial charge is 0.361 e. The third-order valence-electron chi connectivity index (χ3n) is 5.77. The van der Waals surface area contributed by atoms with Crippen LogP contribution in [0.4, 0.5) is 0 Å². The topological polar surface area (TPSA) is 75.5 Å². The number of aromatic nitrogens is 3. The number of carbonyl (C=O) groups excluding carboxylic acids is 1. The Bertz CT molecular complexity index is 872. The maximum absolute atomic E-state index is 12.8. The zero-order chi connectivity index (χ0) is 20.1. The summed E-state index contributed by atoms with van der Waals surface area (Å²) < 4.78 is 18.9. The lowest BCUT2D eigenvalue weighted by Crippen LogP contribution is -2.61.